The van der Waals surface area contributed by atoms with Crippen molar-refractivity contribution in [3.63, 3.8) is 0 Å². The lowest BCUT2D eigenvalue weighted by Gasteiger charge is -2.07. The van der Waals surface area contributed by atoms with E-state index in [9.17, 15) is 0 Å². The fourth-order valence-corrected chi connectivity index (χ4v) is 12.6. The fraction of sp³-hybridized carbons (Fsp3) is 0. The van der Waals surface area contributed by atoms with Crippen molar-refractivity contribution in [3.05, 3.63) is 280 Å². The summed E-state index contributed by atoms with van der Waals surface area (Å²) in [5.74, 6) is 1.96. The summed E-state index contributed by atoms with van der Waals surface area (Å²) in [6.07, 6.45) is 7.35. The van der Waals surface area contributed by atoms with E-state index in [1.165, 1.54) is 10.8 Å². The molecule has 0 aliphatic carbocycles. The minimum absolute atomic E-state index is 0.480. The monoisotopic (exact) mass is 1110 g/mol. The van der Waals surface area contributed by atoms with Gasteiger partial charge >= 0.3 is 0 Å². The van der Waals surface area contributed by atoms with Crippen LogP contribution < -0.4 is 0 Å². The van der Waals surface area contributed by atoms with Crippen molar-refractivity contribution in [3.8, 4) is 68.6 Å². The van der Waals surface area contributed by atoms with Gasteiger partial charge in [-0.3, -0.25) is 9.97 Å². The summed E-state index contributed by atoms with van der Waals surface area (Å²) in [5, 5.41) is 27.1. The van der Waals surface area contributed by atoms with E-state index < -0.39 is 0 Å². The molecule has 8 heterocycles. The van der Waals surface area contributed by atoms with E-state index in [-0.39, 0.29) is 0 Å². The highest BCUT2D eigenvalue weighted by molar-refractivity contribution is 6.13. The van der Waals surface area contributed by atoms with Crippen LogP contribution in [0.2, 0.25) is 0 Å². The van der Waals surface area contributed by atoms with Crippen molar-refractivity contribution < 1.29 is 8.83 Å². The Morgan fingerprint density at radius 1 is 0.221 bits per heavy atom. The zero-order chi connectivity index (χ0) is 56.7. The summed E-state index contributed by atoms with van der Waals surface area (Å²) in [7, 11) is 0. The molecule has 0 radical (unpaired) electrons. The Kier molecular flexibility index (Phi) is 11.2. The van der Waals surface area contributed by atoms with E-state index in [2.05, 4.69) is 267 Å². The van der Waals surface area contributed by atoms with Crippen LogP contribution in [0.3, 0.4) is 0 Å². The van der Waals surface area contributed by atoms with Crippen LogP contribution in [-0.4, -0.2) is 48.6 Å². The van der Waals surface area contributed by atoms with E-state index in [4.69, 9.17) is 8.83 Å². The van der Waals surface area contributed by atoms with Crippen molar-refractivity contribution >= 4 is 87.2 Å². The molecule has 18 aromatic rings. The molecule has 12 heteroatoms. The van der Waals surface area contributed by atoms with Gasteiger partial charge in [-0.25, -0.2) is 0 Å². The second-order valence-corrected chi connectivity index (χ2v) is 21.3. The van der Waals surface area contributed by atoms with Crippen LogP contribution in [0.15, 0.2) is 288 Å². The van der Waals surface area contributed by atoms with Gasteiger partial charge < -0.3 is 27.1 Å². The van der Waals surface area contributed by atoms with Gasteiger partial charge in [-0.05, 0) is 146 Å². The SMILES string of the molecule is c1ccc(-n2c3ccccc3c3cc(-c4nnc(-c5ccc6c(c5)c5ccccc5n6-c5ccccc5)o4)ccc32)cc1.c1cncc(-n2c3ccccc3c3cc(-c4nnc(-c5ccc6c(c5)c5ccccc5n6-c5cccnc5)o4)ccc32)c1. The molecule has 86 heavy (non-hydrogen) atoms. The van der Waals surface area contributed by atoms with Crippen LogP contribution in [-0.2, 0) is 0 Å². The van der Waals surface area contributed by atoms with Crippen LogP contribution in [0.25, 0.3) is 156 Å². The average Bonchev–Trinajstić information content (AvgIpc) is 1.92. The number of rotatable bonds is 8. The third-order valence-corrected chi connectivity index (χ3v) is 16.4. The number of pyridine rings is 2. The molecule has 0 atom stereocenters. The van der Waals surface area contributed by atoms with Gasteiger partial charge in [-0.15, -0.1) is 20.4 Å². The molecular formula is C74H46N10O2. The normalized spacial score (nSPS) is 11.7. The molecule has 10 aromatic carbocycles. The minimum Gasteiger partial charge on any atom is -0.416 e. The Balaban J connectivity index is 0.000000134. The van der Waals surface area contributed by atoms with Gasteiger partial charge in [0.25, 0.3) is 0 Å². The van der Waals surface area contributed by atoms with Gasteiger partial charge in [0, 0.05) is 89.1 Å². The molecule has 0 saturated heterocycles. The summed E-state index contributed by atoms with van der Waals surface area (Å²) >= 11 is 0. The minimum atomic E-state index is 0.480. The second-order valence-electron chi connectivity index (χ2n) is 21.3. The average molecular weight is 1110 g/mol. The summed E-state index contributed by atoms with van der Waals surface area (Å²) in [6, 6.07) is 88.1. The first kappa shape index (κ1) is 48.7. The van der Waals surface area contributed by atoms with Crippen molar-refractivity contribution in [2.75, 3.05) is 0 Å². The fourth-order valence-electron chi connectivity index (χ4n) is 12.6. The van der Waals surface area contributed by atoms with Gasteiger partial charge in [0.2, 0.25) is 23.6 Å². The van der Waals surface area contributed by atoms with Crippen LogP contribution in [0, 0.1) is 0 Å². The highest BCUT2D eigenvalue weighted by Gasteiger charge is 2.21. The van der Waals surface area contributed by atoms with E-state index in [1.54, 1.807) is 12.4 Å². The number of fused-ring (bicyclic) bond motifs is 12. The quantitative estimate of drug-likeness (QED) is 0.147. The molecule has 12 nitrogen and oxygen atoms in total. The van der Waals surface area contributed by atoms with Gasteiger partial charge in [0.1, 0.15) is 0 Å². The number of aromatic nitrogens is 10. The molecule has 0 spiro atoms. The van der Waals surface area contributed by atoms with Gasteiger partial charge in [0.05, 0.1) is 67.9 Å². The number of hydrogen-bond acceptors (Lipinski definition) is 8. The zero-order valence-corrected chi connectivity index (χ0v) is 45.8. The van der Waals surface area contributed by atoms with E-state index in [1.807, 2.05) is 48.8 Å². The third-order valence-electron chi connectivity index (χ3n) is 16.4. The molecule has 0 unspecified atom stereocenters. The first-order chi connectivity index (χ1) is 42.7. The van der Waals surface area contributed by atoms with Crippen molar-refractivity contribution in [2.24, 2.45) is 0 Å². The Morgan fingerprint density at radius 2 is 0.477 bits per heavy atom. The van der Waals surface area contributed by atoms with E-state index in [0.717, 1.165) is 121 Å². The largest absolute Gasteiger partial charge is 0.416 e. The molecular weight excluding hydrogens is 1060 g/mol. The maximum absolute atomic E-state index is 6.32. The Labute approximate surface area is 490 Å². The van der Waals surface area contributed by atoms with Crippen LogP contribution in [0.1, 0.15) is 0 Å². The molecule has 0 N–H and O–H groups in total. The summed E-state index contributed by atoms with van der Waals surface area (Å²) < 4.78 is 21.7. The second kappa shape index (κ2) is 19.9. The predicted molar refractivity (Wildman–Crippen MR) is 343 cm³/mol. The highest BCUT2D eigenvalue weighted by atomic mass is 16.4. The lowest BCUT2D eigenvalue weighted by molar-refractivity contribution is 0.584. The molecule has 8 aromatic heterocycles. The topological polar surface area (TPSA) is 123 Å². The van der Waals surface area contributed by atoms with Crippen LogP contribution in [0.4, 0.5) is 0 Å². The van der Waals surface area contributed by atoms with Crippen molar-refractivity contribution in [2.45, 2.75) is 0 Å². The number of hydrogen-bond donors (Lipinski definition) is 0. The number of para-hydroxylation sites is 6. The molecule has 0 saturated carbocycles. The summed E-state index contributed by atoms with van der Waals surface area (Å²) in [5.41, 5.74) is 16.8. The highest BCUT2D eigenvalue weighted by Crippen LogP contribution is 2.40. The Hall–Kier alpha value is -12.0. The molecule has 18 rings (SSSR count). The third kappa shape index (κ3) is 7.92. The summed E-state index contributed by atoms with van der Waals surface area (Å²) in [6.45, 7) is 0. The standard InChI is InChI=1S/C38H24N4O.C36H22N6O/c1-3-11-27(12-4-1)41-33-17-9-7-15-29(33)31-23-25(19-21-35(31)41)37-39-40-38(43-37)26-20-22-36-32(24-26)30-16-8-10-18-34(30)42(36)28-13-5-2-6-14-28;1-3-11-31-27(9-1)29-19-23(13-15-33(29)41(31)25-7-5-17-37-21-25)35-39-40-36(43-35)24-14-16-34-30(20-24)28-10-2-4-12-32(28)42(34)26-8-6-18-38-22-26/h1-24H;1-22H. The van der Waals surface area contributed by atoms with Gasteiger partial charge in [-0.1, -0.05) is 109 Å². The van der Waals surface area contributed by atoms with Crippen LogP contribution >= 0.6 is 0 Å². The molecule has 0 bridgehead atoms. The molecule has 404 valence electrons. The van der Waals surface area contributed by atoms with Gasteiger partial charge in [-0.2, -0.15) is 0 Å². The van der Waals surface area contributed by atoms with E-state index in [0.29, 0.717) is 23.6 Å². The summed E-state index contributed by atoms with van der Waals surface area (Å²) in [4.78, 5) is 8.69. The smallest absolute Gasteiger partial charge is 0.248 e. The molecule has 0 aliphatic rings. The Bertz CT molecular complexity index is 4910. The maximum Gasteiger partial charge on any atom is 0.248 e. The number of nitrogens with zero attached hydrogens (tertiary/aromatic N) is 10. The molecule has 0 amide bonds. The van der Waals surface area contributed by atoms with Crippen molar-refractivity contribution in [1.29, 1.82) is 0 Å². The zero-order valence-electron chi connectivity index (χ0n) is 45.8. The first-order valence-electron chi connectivity index (χ1n) is 28.4. The number of benzene rings is 10. The van der Waals surface area contributed by atoms with Crippen LogP contribution in [0.5, 0.6) is 0 Å². The van der Waals surface area contributed by atoms with Gasteiger partial charge in [0.15, 0.2) is 0 Å². The molecule has 0 fully saturated rings. The predicted octanol–water partition coefficient (Wildman–Crippen LogP) is 18.0. The lowest BCUT2D eigenvalue weighted by atomic mass is 10.1. The Morgan fingerprint density at radius 3 is 0.767 bits per heavy atom. The first-order valence-corrected chi connectivity index (χ1v) is 28.4. The van der Waals surface area contributed by atoms with E-state index >= 15 is 0 Å². The maximum atomic E-state index is 6.32. The lowest BCUT2D eigenvalue weighted by Crippen LogP contribution is -1.93. The van der Waals surface area contributed by atoms with Crippen molar-refractivity contribution in [1.82, 2.24) is 48.6 Å². The molecule has 0 aliphatic heterocycles.